The fourth-order valence-corrected chi connectivity index (χ4v) is 11.5. The van der Waals surface area contributed by atoms with Gasteiger partial charge in [-0.15, -0.1) is 0 Å². The molecule has 2 aliphatic carbocycles. The van der Waals surface area contributed by atoms with Crippen LogP contribution in [0.25, 0.3) is 87.9 Å². The van der Waals surface area contributed by atoms with Crippen molar-refractivity contribution in [3.05, 3.63) is 222 Å². The van der Waals surface area contributed by atoms with E-state index in [1.807, 2.05) is 0 Å². The van der Waals surface area contributed by atoms with Crippen LogP contribution in [-0.2, 0) is 10.8 Å². The third kappa shape index (κ3) is 5.26. The lowest BCUT2D eigenvalue weighted by atomic mass is 9.81. The van der Waals surface area contributed by atoms with Gasteiger partial charge in [-0.05, 0) is 126 Å². The second kappa shape index (κ2) is 13.4. The highest BCUT2D eigenvalue weighted by Gasteiger charge is 2.38. The molecule has 2 nitrogen and oxygen atoms in total. The Morgan fingerprint density at radius 2 is 0.859 bits per heavy atom. The van der Waals surface area contributed by atoms with Crippen molar-refractivity contribution in [2.24, 2.45) is 0 Å². The highest BCUT2D eigenvalue weighted by molar-refractivity contribution is 6.15. The zero-order valence-electron chi connectivity index (χ0n) is 36.5. The lowest BCUT2D eigenvalue weighted by Crippen LogP contribution is -2.18. The average Bonchev–Trinajstić information content (AvgIpc) is 3.91. The Bertz CT molecular complexity index is 3730. The summed E-state index contributed by atoms with van der Waals surface area (Å²) in [6, 6.07) is 74.8. The molecule has 1 aromatic heterocycles. The van der Waals surface area contributed by atoms with E-state index in [1.165, 1.54) is 116 Å². The fraction of sp³-hybridized carbons (Fsp3) is 0.0968. The number of hydrogen-bond donors (Lipinski definition) is 1. The molecular weight excluding hydrogens is 773 g/mol. The molecule has 0 bridgehead atoms. The topological polar surface area (TPSA) is 19.0 Å². The van der Waals surface area contributed by atoms with Crippen molar-refractivity contribution in [3.63, 3.8) is 0 Å². The molecule has 0 spiro atoms. The summed E-state index contributed by atoms with van der Waals surface area (Å²) in [5.74, 6) is 0. The van der Waals surface area contributed by atoms with E-state index < -0.39 is 0 Å². The molecule has 13 rings (SSSR count). The van der Waals surface area contributed by atoms with Crippen LogP contribution in [-0.4, -0.2) is 4.98 Å². The number of anilines is 3. The second-order valence-electron chi connectivity index (χ2n) is 19.0. The summed E-state index contributed by atoms with van der Waals surface area (Å²) in [4.78, 5) is 6.29. The third-order valence-electron chi connectivity index (χ3n) is 14.8. The highest BCUT2D eigenvalue weighted by atomic mass is 15.1. The predicted octanol–water partition coefficient (Wildman–Crippen LogP) is 17.0. The van der Waals surface area contributed by atoms with Crippen LogP contribution in [0.2, 0.25) is 0 Å². The standard InChI is InChI=1S/C62H46N2/c1-61(2)54-33-39(38-15-6-5-7-16-38)25-29-47(54)49-31-27-42(36-56(49)61)64(59-35-40-17-8-9-18-44(40)46-19-10-11-21-52(46)59)43-28-32-50-48-30-26-41(34-55(48)62(3,4)57(50)37-43)45-22-14-23-53-51-20-12-13-24-58(51)63-60(45)53/h5-37,63H,1-4H3. The molecule has 304 valence electrons. The van der Waals surface area contributed by atoms with Gasteiger partial charge in [0.25, 0.3) is 0 Å². The van der Waals surface area contributed by atoms with Gasteiger partial charge in [-0.3, -0.25) is 0 Å². The molecule has 64 heavy (non-hydrogen) atoms. The van der Waals surface area contributed by atoms with E-state index in [0.717, 1.165) is 11.4 Å². The lowest BCUT2D eigenvalue weighted by molar-refractivity contribution is 0.660. The molecule has 1 heterocycles. The van der Waals surface area contributed by atoms with Crippen LogP contribution in [0.4, 0.5) is 17.1 Å². The SMILES string of the molecule is CC1(C)c2cc(-c3ccccc3)ccc2-c2ccc(N(c3ccc4c(c3)C(C)(C)c3cc(-c5cccc6c5[nH]c5ccccc56)ccc3-4)c3cc4ccccc4c4ccccc34)cc21. The van der Waals surface area contributed by atoms with Crippen molar-refractivity contribution >= 4 is 60.4 Å². The van der Waals surface area contributed by atoms with Crippen molar-refractivity contribution in [3.8, 4) is 44.5 Å². The second-order valence-corrected chi connectivity index (χ2v) is 19.0. The lowest BCUT2D eigenvalue weighted by Gasteiger charge is -2.31. The number of H-pyrrole nitrogens is 1. The van der Waals surface area contributed by atoms with E-state index in [0.29, 0.717) is 0 Å². The molecular formula is C62H46N2. The molecule has 0 saturated carbocycles. The van der Waals surface area contributed by atoms with Gasteiger partial charge in [0, 0.05) is 49.4 Å². The molecule has 0 saturated heterocycles. The first-order valence-electron chi connectivity index (χ1n) is 22.6. The van der Waals surface area contributed by atoms with E-state index >= 15 is 0 Å². The van der Waals surface area contributed by atoms with E-state index in [4.69, 9.17) is 0 Å². The van der Waals surface area contributed by atoms with Crippen molar-refractivity contribution < 1.29 is 0 Å². The van der Waals surface area contributed by atoms with Crippen LogP contribution < -0.4 is 4.90 Å². The quantitative estimate of drug-likeness (QED) is 0.171. The van der Waals surface area contributed by atoms with Crippen LogP contribution >= 0.6 is 0 Å². The maximum Gasteiger partial charge on any atom is 0.0546 e. The number of fused-ring (bicyclic) bond motifs is 12. The minimum atomic E-state index is -0.236. The summed E-state index contributed by atoms with van der Waals surface area (Å²) >= 11 is 0. The summed E-state index contributed by atoms with van der Waals surface area (Å²) in [5.41, 5.74) is 21.1. The van der Waals surface area contributed by atoms with Gasteiger partial charge in [-0.2, -0.15) is 0 Å². The molecule has 10 aromatic carbocycles. The summed E-state index contributed by atoms with van der Waals surface area (Å²) in [7, 11) is 0. The predicted molar refractivity (Wildman–Crippen MR) is 271 cm³/mol. The number of benzene rings is 10. The third-order valence-corrected chi connectivity index (χ3v) is 14.8. The monoisotopic (exact) mass is 818 g/mol. The largest absolute Gasteiger partial charge is 0.354 e. The Morgan fingerprint density at radius 1 is 0.344 bits per heavy atom. The normalized spacial score (nSPS) is 14.2. The number of nitrogens with zero attached hydrogens (tertiary/aromatic N) is 1. The van der Waals surface area contributed by atoms with Crippen LogP contribution in [0, 0.1) is 0 Å². The van der Waals surface area contributed by atoms with Crippen LogP contribution in [0.15, 0.2) is 200 Å². The van der Waals surface area contributed by atoms with Gasteiger partial charge in [0.15, 0.2) is 0 Å². The molecule has 0 fully saturated rings. The zero-order valence-corrected chi connectivity index (χ0v) is 36.5. The molecule has 0 radical (unpaired) electrons. The summed E-state index contributed by atoms with van der Waals surface area (Å²) in [5, 5.41) is 7.52. The van der Waals surface area contributed by atoms with Gasteiger partial charge in [0.05, 0.1) is 11.2 Å². The number of hydrogen-bond acceptors (Lipinski definition) is 1. The maximum absolute atomic E-state index is 3.75. The first-order valence-corrected chi connectivity index (χ1v) is 22.6. The minimum absolute atomic E-state index is 0.195. The van der Waals surface area contributed by atoms with E-state index in [2.05, 4.69) is 238 Å². The smallest absolute Gasteiger partial charge is 0.0546 e. The van der Waals surface area contributed by atoms with Crippen LogP contribution in [0.3, 0.4) is 0 Å². The van der Waals surface area contributed by atoms with Gasteiger partial charge in [0.2, 0.25) is 0 Å². The molecule has 0 unspecified atom stereocenters. The molecule has 2 aliphatic rings. The van der Waals surface area contributed by atoms with Crippen molar-refractivity contribution in [1.82, 2.24) is 4.98 Å². The molecule has 0 amide bonds. The van der Waals surface area contributed by atoms with Gasteiger partial charge in [-0.1, -0.05) is 179 Å². The van der Waals surface area contributed by atoms with E-state index in [9.17, 15) is 0 Å². The van der Waals surface area contributed by atoms with E-state index in [-0.39, 0.29) is 10.8 Å². The number of aromatic nitrogens is 1. The first kappa shape index (κ1) is 36.9. The summed E-state index contributed by atoms with van der Waals surface area (Å²) < 4.78 is 0. The fourth-order valence-electron chi connectivity index (χ4n) is 11.5. The number of para-hydroxylation sites is 2. The highest BCUT2D eigenvalue weighted by Crippen LogP contribution is 2.55. The molecule has 1 N–H and O–H groups in total. The van der Waals surface area contributed by atoms with Crippen LogP contribution in [0.1, 0.15) is 49.9 Å². The van der Waals surface area contributed by atoms with Gasteiger partial charge in [-0.25, -0.2) is 0 Å². The summed E-state index contributed by atoms with van der Waals surface area (Å²) in [6.45, 7) is 9.61. The zero-order chi connectivity index (χ0) is 42.9. The first-order chi connectivity index (χ1) is 31.2. The van der Waals surface area contributed by atoms with Gasteiger partial charge >= 0.3 is 0 Å². The maximum atomic E-state index is 3.75. The Morgan fingerprint density at radius 3 is 1.55 bits per heavy atom. The Hall–Kier alpha value is -7.68. The molecule has 2 heteroatoms. The Balaban J connectivity index is 0.976. The number of rotatable bonds is 5. The van der Waals surface area contributed by atoms with Crippen molar-refractivity contribution in [2.75, 3.05) is 4.90 Å². The molecule has 11 aromatic rings. The van der Waals surface area contributed by atoms with Crippen molar-refractivity contribution in [2.45, 2.75) is 38.5 Å². The Kier molecular flexibility index (Phi) is 7.74. The van der Waals surface area contributed by atoms with E-state index in [1.54, 1.807) is 0 Å². The summed E-state index contributed by atoms with van der Waals surface area (Å²) in [6.07, 6.45) is 0. The molecule has 0 atom stereocenters. The minimum Gasteiger partial charge on any atom is -0.354 e. The van der Waals surface area contributed by atoms with Gasteiger partial charge < -0.3 is 9.88 Å². The molecule has 0 aliphatic heterocycles. The number of nitrogens with one attached hydrogen (secondary N) is 1. The number of aromatic amines is 1. The van der Waals surface area contributed by atoms with Crippen molar-refractivity contribution in [1.29, 1.82) is 0 Å². The van der Waals surface area contributed by atoms with Crippen LogP contribution in [0.5, 0.6) is 0 Å². The van der Waals surface area contributed by atoms with Gasteiger partial charge in [0.1, 0.15) is 0 Å². The Labute approximate surface area is 374 Å². The average molecular weight is 819 g/mol.